The minimum absolute atomic E-state index is 0.0308. The van der Waals surface area contributed by atoms with Crippen LogP contribution in [0.15, 0.2) is 29.2 Å². The van der Waals surface area contributed by atoms with Crippen molar-refractivity contribution in [3.05, 3.63) is 24.3 Å². The van der Waals surface area contributed by atoms with E-state index >= 15 is 0 Å². The molecule has 0 unspecified atom stereocenters. The van der Waals surface area contributed by atoms with Crippen LogP contribution in [0.25, 0.3) is 0 Å². The van der Waals surface area contributed by atoms with Crippen molar-refractivity contribution < 1.29 is 17.9 Å². The molecular formula is C13H18N2O4S. The van der Waals surface area contributed by atoms with Gasteiger partial charge in [0.05, 0.1) is 17.5 Å². The van der Waals surface area contributed by atoms with Crippen LogP contribution in [0.1, 0.15) is 13.8 Å². The molecule has 110 valence electrons. The fourth-order valence-electron chi connectivity index (χ4n) is 1.93. The first kappa shape index (κ1) is 14.8. The van der Waals surface area contributed by atoms with Crippen molar-refractivity contribution in [3.8, 4) is 5.75 Å². The van der Waals surface area contributed by atoms with Gasteiger partial charge in [-0.15, -0.1) is 0 Å². The Hall–Kier alpha value is -1.60. The molecule has 1 amide bonds. The lowest BCUT2D eigenvalue weighted by molar-refractivity contribution is -0.122. The van der Waals surface area contributed by atoms with Gasteiger partial charge in [-0.2, -0.15) is 4.31 Å². The Morgan fingerprint density at radius 1 is 1.25 bits per heavy atom. The van der Waals surface area contributed by atoms with Gasteiger partial charge >= 0.3 is 0 Å². The van der Waals surface area contributed by atoms with Gasteiger partial charge in [0.2, 0.25) is 15.9 Å². The molecule has 1 N–H and O–H groups in total. The highest BCUT2D eigenvalue weighted by molar-refractivity contribution is 7.89. The number of amides is 1. The summed E-state index contributed by atoms with van der Waals surface area (Å²) in [4.78, 5) is 11.5. The average molecular weight is 298 g/mol. The molecule has 6 nitrogen and oxygen atoms in total. The highest BCUT2D eigenvalue weighted by atomic mass is 32.2. The van der Waals surface area contributed by atoms with Crippen LogP contribution in [0.3, 0.4) is 0 Å². The summed E-state index contributed by atoms with van der Waals surface area (Å²) in [6, 6.07) is 6.24. The molecule has 1 aromatic rings. The van der Waals surface area contributed by atoms with Gasteiger partial charge in [0.25, 0.3) is 0 Å². The Bertz CT molecular complexity index is 581. The van der Waals surface area contributed by atoms with Crippen molar-refractivity contribution in [2.24, 2.45) is 0 Å². The first-order valence-electron chi connectivity index (χ1n) is 6.43. The number of hydrogen-bond acceptors (Lipinski definition) is 4. The van der Waals surface area contributed by atoms with Gasteiger partial charge in [-0.3, -0.25) is 4.79 Å². The van der Waals surface area contributed by atoms with E-state index in [0.717, 1.165) is 0 Å². The molecule has 20 heavy (non-hydrogen) atoms. The van der Waals surface area contributed by atoms with E-state index in [2.05, 4.69) is 5.32 Å². The van der Waals surface area contributed by atoms with Crippen LogP contribution < -0.4 is 10.1 Å². The standard InChI is InChI=1S/C13H18N2O4S/c1-10(2)19-11-3-5-12(6-4-11)20(17,18)15-8-7-14-13(16)9-15/h3-6,10H,7-9H2,1-2H3,(H,14,16). The second kappa shape index (κ2) is 5.80. The number of ether oxygens (including phenoxy) is 1. The SMILES string of the molecule is CC(C)Oc1ccc(S(=O)(=O)N2CCNC(=O)C2)cc1. The lowest BCUT2D eigenvalue weighted by atomic mass is 10.3. The Kier molecular flexibility index (Phi) is 4.29. The van der Waals surface area contributed by atoms with Crippen molar-refractivity contribution in [1.29, 1.82) is 0 Å². The third-order valence-corrected chi connectivity index (χ3v) is 4.70. The number of rotatable bonds is 4. The van der Waals surface area contributed by atoms with Crippen LogP contribution in [0, 0.1) is 0 Å². The molecule has 1 heterocycles. The normalized spacial score (nSPS) is 17.1. The summed E-state index contributed by atoms with van der Waals surface area (Å²) in [6.07, 6.45) is 0.0308. The van der Waals surface area contributed by atoms with Crippen molar-refractivity contribution in [2.75, 3.05) is 19.6 Å². The highest BCUT2D eigenvalue weighted by Crippen LogP contribution is 2.20. The summed E-state index contributed by atoms with van der Waals surface area (Å²) < 4.78 is 31.4. The van der Waals surface area contributed by atoms with Crippen LogP contribution in [0.2, 0.25) is 0 Å². The molecule has 0 aliphatic carbocycles. The molecule has 0 spiro atoms. The van der Waals surface area contributed by atoms with E-state index in [9.17, 15) is 13.2 Å². The summed E-state index contributed by atoms with van der Waals surface area (Å²) in [5, 5.41) is 2.60. The van der Waals surface area contributed by atoms with Crippen molar-refractivity contribution in [1.82, 2.24) is 9.62 Å². The van der Waals surface area contributed by atoms with Gasteiger partial charge in [0.15, 0.2) is 0 Å². The lowest BCUT2D eigenvalue weighted by Crippen LogP contribution is -2.49. The largest absolute Gasteiger partial charge is 0.491 e. The molecule has 7 heteroatoms. The van der Waals surface area contributed by atoms with Crippen LogP contribution in [0.5, 0.6) is 5.75 Å². The van der Waals surface area contributed by atoms with Crippen molar-refractivity contribution in [3.63, 3.8) is 0 Å². The topological polar surface area (TPSA) is 75.7 Å². The second-order valence-corrected chi connectivity index (χ2v) is 6.76. The molecule has 0 aromatic heterocycles. The monoisotopic (exact) mass is 298 g/mol. The predicted molar refractivity (Wildman–Crippen MR) is 74.0 cm³/mol. The maximum absolute atomic E-state index is 12.4. The Balaban J connectivity index is 2.19. The van der Waals surface area contributed by atoms with Crippen molar-refractivity contribution >= 4 is 15.9 Å². The van der Waals surface area contributed by atoms with E-state index < -0.39 is 10.0 Å². The molecule has 0 atom stereocenters. The minimum atomic E-state index is -3.62. The number of nitrogens with zero attached hydrogens (tertiary/aromatic N) is 1. The molecule has 1 fully saturated rings. The van der Waals surface area contributed by atoms with Gasteiger partial charge in [-0.1, -0.05) is 0 Å². The first-order chi connectivity index (χ1) is 9.39. The number of piperazine rings is 1. The van der Waals surface area contributed by atoms with E-state index in [4.69, 9.17) is 4.74 Å². The summed E-state index contributed by atoms with van der Waals surface area (Å²) >= 11 is 0. The Morgan fingerprint density at radius 3 is 2.45 bits per heavy atom. The lowest BCUT2D eigenvalue weighted by Gasteiger charge is -2.25. The van der Waals surface area contributed by atoms with Crippen LogP contribution in [-0.4, -0.2) is 44.4 Å². The van der Waals surface area contributed by atoms with Crippen LogP contribution >= 0.6 is 0 Å². The Morgan fingerprint density at radius 2 is 1.90 bits per heavy atom. The molecular weight excluding hydrogens is 280 g/mol. The summed E-state index contributed by atoms with van der Waals surface area (Å²) in [6.45, 7) is 4.30. The smallest absolute Gasteiger partial charge is 0.243 e. The molecule has 1 aromatic carbocycles. The van der Waals surface area contributed by atoms with Gasteiger partial charge < -0.3 is 10.1 Å². The number of hydrogen-bond donors (Lipinski definition) is 1. The first-order valence-corrected chi connectivity index (χ1v) is 7.87. The van der Waals surface area contributed by atoms with Gasteiger partial charge in [-0.25, -0.2) is 8.42 Å². The third kappa shape index (κ3) is 3.29. The van der Waals surface area contributed by atoms with Crippen LogP contribution in [-0.2, 0) is 14.8 Å². The van der Waals surface area contributed by atoms with E-state index in [-0.39, 0.29) is 30.0 Å². The molecule has 1 aliphatic rings. The van der Waals surface area contributed by atoms with Crippen LogP contribution in [0.4, 0.5) is 0 Å². The molecule has 0 bridgehead atoms. The van der Waals surface area contributed by atoms with Gasteiger partial charge in [0, 0.05) is 13.1 Å². The number of carbonyl (C=O) groups is 1. The number of sulfonamides is 1. The fraction of sp³-hybridized carbons (Fsp3) is 0.462. The maximum atomic E-state index is 12.4. The molecule has 1 aliphatic heterocycles. The van der Waals surface area contributed by atoms with Crippen molar-refractivity contribution in [2.45, 2.75) is 24.8 Å². The minimum Gasteiger partial charge on any atom is -0.491 e. The van der Waals surface area contributed by atoms with Gasteiger partial charge in [0.1, 0.15) is 5.75 Å². The quantitative estimate of drug-likeness (QED) is 0.883. The average Bonchev–Trinajstić information content (AvgIpc) is 2.38. The summed E-state index contributed by atoms with van der Waals surface area (Å²) in [5.74, 6) is 0.343. The molecule has 2 rings (SSSR count). The van der Waals surface area contributed by atoms with Gasteiger partial charge in [-0.05, 0) is 38.1 Å². The Labute approximate surface area is 118 Å². The number of carbonyl (C=O) groups excluding carboxylic acids is 1. The maximum Gasteiger partial charge on any atom is 0.243 e. The fourth-order valence-corrected chi connectivity index (χ4v) is 3.33. The highest BCUT2D eigenvalue weighted by Gasteiger charge is 2.28. The van der Waals surface area contributed by atoms with E-state index in [1.807, 2.05) is 13.8 Å². The summed E-state index contributed by atoms with van der Waals surface area (Å²) in [7, 11) is -3.62. The zero-order valence-electron chi connectivity index (χ0n) is 11.5. The molecule has 0 saturated carbocycles. The van der Waals surface area contributed by atoms with E-state index in [1.165, 1.54) is 16.4 Å². The zero-order chi connectivity index (χ0) is 14.8. The third-order valence-electron chi connectivity index (χ3n) is 2.84. The van der Waals surface area contributed by atoms with E-state index in [0.29, 0.717) is 12.3 Å². The second-order valence-electron chi connectivity index (χ2n) is 4.83. The van der Waals surface area contributed by atoms with E-state index in [1.54, 1.807) is 12.1 Å². The molecule has 1 saturated heterocycles. The number of nitrogens with one attached hydrogen (secondary N) is 1. The zero-order valence-corrected chi connectivity index (χ0v) is 12.3. The number of benzene rings is 1. The predicted octanol–water partition coefficient (Wildman–Crippen LogP) is 0.594. The molecule has 0 radical (unpaired) electrons. The summed E-state index contributed by atoms with van der Waals surface area (Å²) in [5.41, 5.74) is 0.